The second-order valence-corrected chi connectivity index (χ2v) is 6.74. The Kier molecular flexibility index (Phi) is 7.34. The molecule has 0 aliphatic heterocycles. The Morgan fingerprint density at radius 3 is 2.24 bits per heavy atom. The van der Waals surface area contributed by atoms with E-state index in [1.54, 1.807) is 60.7 Å². The van der Waals surface area contributed by atoms with Crippen LogP contribution in [0.2, 0.25) is 0 Å². The fraction of sp³-hybridized carbons (Fsp3) is 0.0833. The number of carboxylic acid groups (broad SMARTS) is 1. The van der Waals surface area contributed by atoms with Crippen LogP contribution in [0.15, 0.2) is 84.6 Å². The van der Waals surface area contributed by atoms with Crippen LogP contribution in [0.3, 0.4) is 0 Å². The molecule has 3 aromatic rings. The van der Waals surface area contributed by atoms with Gasteiger partial charge in [-0.3, -0.25) is 4.79 Å². The van der Waals surface area contributed by atoms with Crippen LogP contribution in [0.1, 0.15) is 21.5 Å². The fourth-order valence-corrected chi connectivity index (χ4v) is 2.76. The Morgan fingerprint density at radius 1 is 0.909 bits per heavy atom. The maximum Gasteiger partial charge on any atom is 0.573 e. The Bertz CT molecular complexity index is 1140. The van der Waals surface area contributed by atoms with Crippen LogP contribution in [0, 0.1) is 0 Å². The van der Waals surface area contributed by atoms with Crippen LogP contribution in [-0.2, 0) is 11.4 Å². The van der Waals surface area contributed by atoms with Crippen LogP contribution in [0.5, 0.6) is 11.5 Å². The number of hydrogen-bond donors (Lipinski definition) is 2. The number of nitrogens with one attached hydrogen (secondary N) is 1. The first-order valence-corrected chi connectivity index (χ1v) is 9.58. The number of rotatable bonds is 8. The molecule has 3 rings (SSSR count). The average molecular weight is 457 g/mol. The largest absolute Gasteiger partial charge is 0.573 e. The van der Waals surface area contributed by atoms with Gasteiger partial charge in [0.25, 0.3) is 5.91 Å². The van der Waals surface area contributed by atoms with Gasteiger partial charge < -0.3 is 19.9 Å². The molecule has 9 heteroatoms. The molecule has 0 spiro atoms. The second kappa shape index (κ2) is 10.4. The van der Waals surface area contributed by atoms with Gasteiger partial charge in [-0.1, -0.05) is 42.5 Å². The van der Waals surface area contributed by atoms with E-state index in [-0.39, 0.29) is 18.1 Å². The number of aliphatic carboxylic acids is 1. The minimum absolute atomic E-state index is 0.00223. The zero-order valence-electron chi connectivity index (χ0n) is 17.0. The Labute approximate surface area is 186 Å². The van der Waals surface area contributed by atoms with Gasteiger partial charge in [0.05, 0.1) is 0 Å². The molecule has 6 nitrogen and oxygen atoms in total. The molecule has 3 aromatic carbocycles. The molecule has 1 amide bonds. The second-order valence-electron chi connectivity index (χ2n) is 6.74. The standard InChI is InChI=1S/C24H18F3NO5/c25-24(26,27)33-20-8-4-5-17(13-20)15-32-19-11-9-16(10-12-19)14-21(23(30)31)28-22(29)18-6-2-1-3-7-18/h1-14H,15H2,(H,28,29)(H,30,31)/b21-14+. The molecule has 33 heavy (non-hydrogen) atoms. The Hall–Kier alpha value is -4.27. The van der Waals surface area contributed by atoms with Gasteiger partial charge in [0, 0.05) is 5.56 Å². The van der Waals surface area contributed by atoms with E-state index in [2.05, 4.69) is 10.1 Å². The number of hydrogen-bond acceptors (Lipinski definition) is 4. The van der Waals surface area contributed by atoms with Gasteiger partial charge in [0.15, 0.2) is 0 Å². The summed E-state index contributed by atoms with van der Waals surface area (Å²) in [4.78, 5) is 23.7. The molecule has 0 bridgehead atoms. The van der Waals surface area contributed by atoms with Crippen molar-refractivity contribution in [2.24, 2.45) is 0 Å². The highest BCUT2D eigenvalue weighted by atomic mass is 19.4. The Morgan fingerprint density at radius 2 is 1.61 bits per heavy atom. The minimum Gasteiger partial charge on any atom is -0.489 e. The van der Waals surface area contributed by atoms with Gasteiger partial charge in [-0.05, 0) is 53.6 Å². The molecule has 0 aromatic heterocycles. The van der Waals surface area contributed by atoms with E-state index in [1.807, 2.05) is 0 Å². The quantitative estimate of drug-likeness (QED) is 0.464. The Balaban J connectivity index is 1.64. The van der Waals surface area contributed by atoms with Gasteiger partial charge >= 0.3 is 12.3 Å². The van der Waals surface area contributed by atoms with E-state index >= 15 is 0 Å². The highest BCUT2D eigenvalue weighted by Crippen LogP contribution is 2.24. The predicted molar refractivity (Wildman–Crippen MR) is 113 cm³/mol. The first-order chi connectivity index (χ1) is 15.7. The van der Waals surface area contributed by atoms with Crippen LogP contribution in [0.25, 0.3) is 6.08 Å². The third-order valence-corrected chi connectivity index (χ3v) is 4.24. The van der Waals surface area contributed by atoms with Gasteiger partial charge in [-0.15, -0.1) is 13.2 Å². The van der Waals surface area contributed by atoms with Gasteiger partial charge in [-0.2, -0.15) is 0 Å². The molecule has 0 unspecified atom stereocenters. The molecule has 0 aliphatic rings. The van der Waals surface area contributed by atoms with Crippen molar-refractivity contribution in [1.82, 2.24) is 5.32 Å². The maximum atomic E-state index is 12.3. The van der Waals surface area contributed by atoms with Crippen molar-refractivity contribution in [3.05, 3.63) is 101 Å². The summed E-state index contributed by atoms with van der Waals surface area (Å²) in [5.41, 5.74) is 0.975. The number of halogens is 3. The van der Waals surface area contributed by atoms with Crippen molar-refractivity contribution in [1.29, 1.82) is 0 Å². The SMILES string of the molecule is O=C(O)/C(=C\c1ccc(OCc2cccc(OC(F)(F)F)c2)cc1)NC(=O)c1ccccc1. The predicted octanol–water partition coefficient (Wildman–Crippen LogP) is 5.02. The van der Waals surface area contributed by atoms with Crippen molar-refractivity contribution in [3.8, 4) is 11.5 Å². The molecule has 0 radical (unpaired) electrons. The fourth-order valence-electron chi connectivity index (χ4n) is 2.76. The smallest absolute Gasteiger partial charge is 0.489 e. The number of carbonyl (C=O) groups excluding carboxylic acids is 1. The molecule has 0 aliphatic carbocycles. The van der Waals surface area contributed by atoms with Gasteiger partial charge in [0.1, 0.15) is 23.8 Å². The summed E-state index contributed by atoms with van der Waals surface area (Å²) in [7, 11) is 0. The third kappa shape index (κ3) is 7.42. The van der Waals surface area contributed by atoms with Crippen molar-refractivity contribution >= 4 is 18.0 Å². The van der Waals surface area contributed by atoms with Crippen molar-refractivity contribution in [3.63, 3.8) is 0 Å². The summed E-state index contributed by atoms with van der Waals surface area (Å²) >= 11 is 0. The van der Waals surface area contributed by atoms with E-state index in [0.29, 0.717) is 22.4 Å². The van der Waals surface area contributed by atoms with E-state index < -0.39 is 18.2 Å². The number of carbonyl (C=O) groups is 2. The van der Waals surface area contributed by atoms with Crippen LogP contribution < -0.4 is 14.8 Å². The zero-order chi connectivity index (χ0) is 23.8. The van der Waals surface area contributed by atoms with E-state index in [9.17, 15) is 27.9 Å². The summed E-state index contributed by atoms with van der Waals surface area (Å²) in [6.45, 7) is -0.00223. The summed E-state index contributed by atoms with van der Waals surface area (Å²) in [5, 5.41) is 11.8. The molecule has 170 valence electrons. The van der Waals surface area contributed by atoms with Crippen LogP contribution in [0.4, 0.5) is 13.2 Å². The molecular weight excluding hydrogens is 439 g/mol. The molecule has 0 fully saturated rings. The van der Waals surface area contributed by atoms with E-state index in [4.69, 9.17) is 4.74 Å². The van der Waals surface area contributed by atoms with Crippen molar-refractivity contribution in [2.75, 3.05) is 0 Å². The van der Waals surface area contributed by atoms with E-state index in [0.717, 1.165) is 0 Å². The number of amides is 1. The number of alkyl halides is 3. The van der Waals surface area contributed by atoms with Crippen molar-refractivity contribution in [2.45, 2.75) is 13.0 Å². The lowest BCUT2D eigenvalue weighted by Crippen LogP contribution is -2.27. The summed E-state index contributed by atoms with van der Waals surface area (Å²) in [6.07, 6.45) is -3.48. The molecule has 0 saturated heterocycles. The molecule has 2 N–H and O–H groups in total. The summed E-state index contributed by atoms with van der Waals surface area (Å²) in [6, 6.07) is 19.9. The highest BCUT2D eigenvalue weighted by molar-refractivity contribution is 6.02. The third-order valence-electron chi connectivity index (χ3n) is 4.24. The van der Waals surface area contributed by atoms with Crippen LogP contribution in [-0.4, -0.2) is 23.3 Å². The average Bonchev–Trinajstić information content (AvgIpc) is 2.77. The van der Waals surface area contributed by atoms with Crippen molar-refractivity contribution < 1.29 is 37.3 Å². The summed E-state index contributed by atoms with van der Waals surface area (Å²) in [5.74, 6) is -1.79. The lowest BCUT2D eigenvalue weighted by atomic mass is 10.1. The lowest BCUT2D eigenvalue weighted by Gasteiger charge is -2.11. The lowest BCUT2D eigenvalue weighted by molar-refractivity contribution is -0.274. The van der Waals surface area contributed by atoms with Gasteiger partial charge in [-0.25, -0.2) is 4.79 Å². The maximum absolute atomic E-state index is 12.3. The first-order valence-electron chi connectivity index (χ1n) is 9.58. The summed E-state index contributed by atoms with van der Waals surface area (Å²) < 4.78 is 46.5. The molecule has 0 atom stereocenters. The first kappa shape index (κ1) is 23.4. The van der Waals surface area contributed by atoms with E-state index in [1.165, 1.54) is 24.3 Å². The number of benzene rings is 3. The molecule has 0 saturated carbocycles. The monoisotopic (exact) mass is 457 g/mol. The molecular formula is C24H18F3NO5. The number of carboxylic acids is 1. The topological polar surface area (TPSA) is 84.9 Å². The van der Waals surface area contributed by atoms with Gasteiger partial charge in [0.2, 0.25) is 0 Å². The van der Waals surface area contributed by atoms with Crippen LogP contribution >= 0.6 is 0 Å². The zero-order valence-corrected chi connectivity index (χ0v) is 17.0. The number of ether oxygens (including phenoxy) is 2. The minimum atomic E-state index is -4.78. The normalized spacial score (nSPS) is 11.5. The highest BCUT2D eigenvalue weighted by Gasteiger charge is 2.31. The molecule has 0 heterocycles.